The average molecular weight is 533 g/mol. The van der Waals surface area contributed by atoms with Crippen LogP contribution in [-0.2, 0) is 7.05 Å². The smallest absolute Gasteiger partial charge is 0.253 e. The zero-order chi connectivity index (χ0) is 28.2. The number of hydrogen-bond acceptors (Lipinski definition) is 6. The van der Waals surface area contributed by atoms with E-state index in [9.17, 15) is 4.79 Å². The summed E-state index contributed by atoms with van der Waals surface area (Å²) in [6.07, 6.45) is 1.78. The molecule has 2 heterocycles. The Balaban J connectivity index is 1.95. The van der Waals surface area contributed by atoms with Crippen LogP contribution in [0, 0.1) is 11.5 Å². The van der Waals surface area contributed by atoms with Crippen LogP contribution in [0.1, 0.15) is 47.1 Å². The SMILES string of the molecule is CC(C)[Si](C#Cc1cc(=O)n(C)c2nc(Nc3ccc(N(C)CCN(C)C)cc3)ncc12)(C(C)C)C(C)C. The van der Waals surface area contributed by atoms with E-state index in [1.165, 1.54) is 0 Å². The van der Waals surface area contributed by atoms with E-state index in [1.54, 1.807) is 23.9 Å². The van der Waals surface area contributed by atoms with E-state index < -0.39 is 8.07 Å². The molecule has 38 heavy (non-hydrogen) atoms. The maximum atomic E-state index is 12.9. The van der Waals surface area contributed by atoms with Crippen molar-refractivity contribution in [2.75, 3.05) is 44.4 Å². The van der Waals surface area contributed by atoms with Gasteiger partial charge in [-0.3, -0.25) is 9.36 Å². The summed E-state index contributed by atoms with van der Waals surface area (Å²) in [4.78, 5) is 26.6. The highest BCUT2D eigenvalue weighted by atomic mass is 28.3. The van der Waals surface area contributed by atoms with Gasteiger partial charge in [-0.1, -0.05) is 47.5 Å². The van der Waals surface area contributed by atoms with Crippen LogP contribution >= 0.6 is 0 Å². The number of nitrogens with one attached hydrogen (secondary N) is 1. The lowest BCUT2D eigenvalue weighted by atomic mass is 10.2. The fourth-order valence-electron chi connectivity index (χ4n) is 5.40. The van der Waals surface area contributed by atoms with E-state index in [-0.39, 0.29) is 5.56 Å². The maximum Gasteiger partial charge on any atom is 0.253 e. The van der Waals surface area contributed by atoms with Crippen molar-refractivity contribution in [1.29, 1.82) is 0 Å². The largest absolute Gasteiger partial charge is 0.373 e. The molecular formula is C30H44N6OSi. The summed E-state index contributed by atoms with van der Waals surface area (Å²) in [5.74, 6) is 3.88. The lowest BCUT2D eigenvalue weighted by Gasteiger charge is -2.38. The first kappa shape index (κ1) is 29.4. The number of aromatic nitrogens is 3. The van der Waals surface area contributed by atoms with Crippen LogP contribution in [0.5, 0.6) is 0 Å². The fraction of sp³-hybridized carbons (Fsp3) is 0.500. The van der Waals surface area contributed by atoms with E-state index in [1.807, 2.05) is 12.1 Å². The average Bonchev–Trinajstić information content (AvgIpc) is 2.85. The Hall–Kier alpha value is -3.15. The molecule has 2 aromatic heterocycles. The molecule has 8 heteroatoms. The van der Waals surface area contributed by atoms with Gasteiger partial charge in [-0.25, -0.2) is 4.98 Å². The van der Waals surface area contributed by atoms with Crippen molar-refractivity contribution in [2.24, 2.45) is 7.05 Å². The lowest BCUT2D eigenvalue weighted by molar-refractivity contribution is 0.416. The monoisotopic (exact) mass is 532 g/mol. The second-order valence-electron chi connectivity index (χ2n) is 11.4. The number of aryl methyl sites for hydroxylation is 1. The van der Waals surface area contributed by atoms with Crippen LogP contribution in [0.3, 0.4) is 0 Å². The van der Waals surface area contributed by atoms with Crippen LogP contribution in [0.2, 0.25) is 16.6 Å². The minimum absolute atomic E-state index is 0.123. The molecule has 0 aliphatic heterocycles. The van der Waals surface area contributed by atoms with Crippen molar-refractivity contribution in [2.45, 2.75) is 58.2 Å². The molecule has 0 unspecified atom stereocenters. The first-order valence-corrected chi connectivity index (χ1v) is 15.7. The molecule has 204 valence electrons. The summed E-state index contributed by atoms with van der Waals surface area (Å²) < 4.78 is 1.56. The molecule has 3 rings (SSSR count). The number of fused-ring (bicyclic) bond motifs is 1. The van der Waals surface area contributed by atoms with Gasteiger partial charge >= 0.3 is 0 Å². The number of nitrogens with zero attached hydrogens (tertiary/aromatic N) is 5. The summed E-state index contributed by atoms with van der Waals surface area (Å²) in [5.41, 5.74) is 8.46. The predicted octanol–water partition coefficient (Wildman–Crippen LogP) is 5.64. The quantitative estimate of drug-likeness (QED) is 0.284. The summed E-state index contributed by atoms with van der Waals surface area (Å²) in [6.45, 7) is 15.7. The number of anilines is 3. The van der Waals surface area contributed by atoms with Crippen LogP contribution in [0.4, 0.5) is 17.3 Å². The van der Waals surface area contributed by atoms with Gasteiger partial charge in [0, 0.05) is 56.4 Å². The third-order valence-electron chi connectivity index (χ3n) is 7.70. The number of likely N-dealkylation sites (N-methyl/N-ethyl adjacent to an activating group) is 2. The van der Waals surface area contributed by atoms with E-state index in [2.05, 4.69) is 106 Å². The molecule has 1 N–H and O–H groups in total. The van der Waals surface area contributed by atoms with Gasteiger partial charge in [-0.2, -0.15) is 4.98 Å². The van der Waals surface area contributed by atoms with Crippen LogP contribution in [0.15, 0.2) is 41.3 Å². The number of hydrogen-bond donors (Lipinski definition) is 1. The molecule has 0 saturated carbocycles. The van der Waals surface area contributed by atoms with Gasteiger partial charge in [-0.15, -0.1) is 5.54 Å². The Labute approximate surface area is 229 Å². The molecule has 7 nitrogen and oxygen atoms in total. The van der Waals surface area contributed by atoms with Crippen molar-refractivity contribution in [3.63, 3.8) is 0 Å². The van der Waals surface area contributed by atoms with E-state index >= 15 is 0 Å². The molecule has 0 atom stereocenters. The van der Waals surface area contributed by atoms with Crippen molar-refractivity contribution >= 4 is 36.4 Å². The van der Waals surface area contributed by atoms with Gasteiger partial charge < -0.3 is 15.1 Å². The topological polar surface area (TPSA) is 66.3 Å². The Morgan fingerprint density at radius 3 is 2.13 bits per heavy atom. The molecule has 0 fully saturated rings. The molecule has 0 radical (unpaired) electrons. The first-order chi connectivity index (χ1) is 17.9. The van der Waals surface area contributed by atoms with Crippen molar-refractivity contribution in [3.8, 4) is 11.5 Å². The van der Waals surface area contributed by atoms with Crippen molar-refractivity contribution in [1.82, 2.24) is 19.4 Å². The van der Waals surface area contributed by atoms with Crippen LogP contribution in [0.25, 0.3) is 11.0 Å². The summed E-state index contributed by atoms with van der Waals surface area (Å²) in [7, 11) is 6.05. The van der Waals surface area contributed by atoms with Gasteiger partial charge in [0.2, 0.25) is 5.95 Å². The lowest BCUT2D eigenvalue weighted by Crippen LogP contribution is -2.43. The standard InChI is InChI=1S/C30H44N6OSi/c1-21(2)38(22(3)4,23(5)6)18-15-24-19-28(37)36(10)29-27(24)20-31-30(33-29)32-25-11-13-26(14-12-25)35(9)17-16-34(7)8/h11-14,19-23H,16-17H2,1-10H3,(H,31,32,33). The highest BCUT2D eigenvalue weighted by molar-refractivity contribution is 6.90. The predicted molar refractivity (Wildman–Crippen MR) is 164 cm³/mol. The van der Waals surface area contributed by atoms with E-state index in [0.29, 0.717) is 33.8 Å². The van der Waals surface area contributed by atoms with E-state index in [4.69, 9.17) is 4.98 Å². The molecule has 0 spiro atoms. The summed E-state index contributed by atoms with van der Waals surface area (Å²) >= 11 is 0. The molecule has 1 aromatic carbocycles. The molecule has 0 saturated heterocycles. The van der Waals surface area contributed by atoms with Crippen LogP contribution < -0.4 is 15.8 Å². The molecule has 3 aromatic rings. The second kappa shape index (κ2) is 12.1. The first-order valence-electron chi connectivity index (χ1n) is 13.5. The Morgan fingerprint density at radius 2 is 1.58 bits per heavy atom. The molecule has 0 aliphatic rings. The zero-order valence-corrected chi connectivity index (χ0v) is 25.8. The Bertz CT molecular complexity index is 1340. The number of rotatable bonds is 9. The zero-order valence-electron chi connectivity index (χ0n) is 24.8. The van der Waals surface area contributed by atoms with Gasteiger partial charge in [0.1, 0.15) is 13.7 Å². The minimum Gasteiger partial charge on any atom is -0.373 e. The minimum atomic E-state index is -1.94. The molecule has 0 aliphatic carbocycles. The molecular weight excluding hydrogens is 488 g/mol. The van der Waals surface area contributed by atoms with Crippen LogP contribution in [-0.4, -0.2) is 61.7 Å². The van der Waals surface area contributed by atoms with Crippen molar-refractivity contribution < 1.29 is 0 Å². The normalized spacial score (nSPS) is 11.9. The number of pyridine rings is 1. The van der Waals surface area contributed by atoms with Gasteiger partial charge in [-0.05, 0) is 55.0 Å². The second-order valence-corrected chi connectivity index (χ2v) is 17.0. The molecule has 0 bridgehead atoms. The third kappa shape index (κ3) is 6.28. The Kier molecular flexibility index (Phi) is 9.39. The maximum absolute atomic E-state index is 12.9. The Morgan fingerprint density at radius 1 is 0.974 bits per heavy atom. The molecule has 0 amide bonds. The van der Waals surface area contributed by atoms with Crippen molar-refractivity contribution in [3.05, 3.63) is 52.4 Å². The third-order valence-corrected chi connectivity index (χ3v) is 14.0. The van der Waals surface area contributed by atoms with Gasteiger partial charge in [0.05, 0.1) is 5.39 Å². The van der Waals surface area contributed by atoms with E-state index in [0.717, 1.165) is 29.9 Å². The highest BCUT2D eigenvalue weighted by Crippen LogP contribution is 2.40. The highest BCUT2D eigenvalue weighted by Gasteiger charge is 2.41. The summed E-state index contributed by atoms with van der Waals surface area (Å²) in [6, 6.07) is 9.82. The van der Waals surface area contributed by atoms with Gasteiger partial charge in [0.15, 0.2) is 0 Å². The summed E-state index contributed by atoms with van der Waals surface area (Å²) in [5, 5.41) is 4.08. The fourth-order valence-corrected chi connectivity index (χ4v) is 10.6. The van der Waals surface area contributed by atoms with Gasteiger partial charge in [0.25, 0.3) is 5.56 Å². The number of benzene rings is 1.